The molecule has 2 heterocycles. The van der Waals surface area contributed by atoms with Crippen molar-refractivity contribution in [3.8, 4) is 0 Å². The van der Waals surface area contributed by atoms with Gasteiger partial charge in [-0.2, -0.15) is 0 Å². The van der Waals surface area contributed by atoms with Crippen molar-refractivity contribution in [1.29, 1.82) is 0 Å². The fourth-order valence-electron chi connectivity index (χ4n) is 1.05. The molecule has 0 spiro atoms. The fourth-order valence-corrected chi connectivity index (χ4v) is 1.05. The quantitative estimate of drug-likeness (QED) is 0.788. The van der Waals surface area contributed by atoms with E-state index >= 15 is 0 Å². The first-order valence-corrected chi connectivity index (χ1v) is 4.33. The van der Waals surface area contributed by atoms with Gasteiger partial charge in [-0.3, -0.25) is 14.8 Å². The Morgan fingerprint density at radius 2 is 2.00 bits per heavy atom. The van der Waals surface area contributed by atoms with Crippen LogP contribution in [0.15, 0.2) is 43.1 Å². The van der Waals surface area contributed by atoms with Crippen molar-refractivity contribution in [3.63, 3.8) is 0 Å². The van der Waals surface area contributed by atoms with Crippen LogP contribution in [0.25, 0.3) is 0 Å². The summed E-state index contributed by atoms with van der Waals surface area (Å²) in [6, 6.07) is 3.49. The summed E-state index contributed by atoms with van der Waals surface area (Å²) in [6.45, 7) is 0. The Bertz CT molecular complexity index is 443. The lowest BCUT2D eigenvalue weighted by Gasteiger charge is -2.02. The number of anilines is 1. The van der Waals surface area contributed by atoms with Crippen LogP contribution in [-0.4, -0.2) is 20.9 Å². The van der Waals surface area contributed by atoms with Gasteiger partial charge in [-0.25, -0.2) is 4.98 Å². The summed E-state index contributed by atoms with van der Waals surface area (Å²) in [4.78, 5) is 23.1. The zero-order valence-corrected chi connectivity index (χ0v) is 7.79. The van der Waals surface area contributed by atoms with Crippen LogP contribution in [0, 0.1) is 0 Å². The van der Waals surface area contributed by atoms with E-state index in [4.69, 9.17) is 0 Å². The van der Waals surface area contributed by atoms with Gasteiger partial charge in [-0.1, -0.05) is 0 Å². The van der Waals surface area contributed by atoms with Gasteiger partial charge in [0, 0.05) is 18.6 Å². The predicted molar refractivity (Wildman–Crippen MR) is 54.2 cm³/mol. The molecule has 2 rings (SSSR count). The third-order valence-electron chi connectivity index (χ3n) is 1.72. The highest BCUT2D eigenvalue weighted by atomic mass is 16.1. The Morgan fingerprint density at radius 3 is 2.67 bits per heavy atom. The summed E-state index contributed by atoms with van der Waals surface area (Å²) in [7, 11) is 0. The molecule has 0 unspecified atom stereocenters. The Kier molecular flexibility index (Phi) is 2.64. The van der Waals surface area contributed by atoms with Gasteiger partial charge in [0.15, 0.2) is 0 Å². The second-order valence-corrected chi connectivity index (χ2v) is 2.79. The van der Waals surface area contributed by atoms with E-state index in [0.717, 1.165) is 0 Å². The second kappa shape index (κ2) is 4.28. The zero-order valence-electron chi connectivity index (χ0n) is 7.79. The van der Waals surface area contributed by atoms with E-state index in [-0.39, 0.29) is 11.6 Å². The van der Waals surface area contributed by atoms with Crippen LogP contribution >= 0.6 is 0 Å². The van der Waals surface area contributed by atoms with Gasteiger partial charge in [0.1, 0.15) is 5.69 Å². The highest BCUT2D eigenvalue weighted by Crippen LogP contribution is 2.04. The van der Waals surface area contributed by atoms with Crippen LogP contribution < -0.4 is 5.32 Å². The Morgan fingerprint density at radius 1 is 1.13 bits per heavy atom. The highest BCUT2D eigenvalue weighted by Gasteiger charge is 2.06. The first-order chi connectivity index (χ1) is 7.36. The lowest BCUT2D eigenvalue weighted by atomic mass is 10.3. The number of nitrogens with one attached hydrogen (secondary N) is 1. The third-order valence-corrected chi connectivity index (χ3v) is 1.72. The van der Waals surface area contributed by atoms with Crippen LogP contribution in [-0.2, 0) is 0 Å². The molecule has 0 radical (unpaired) electrons. The molecule has 0 aliphatic carbocycles. The first-order valence-electron chi connectivity index (χ1n) is 4.33. The number of hydrogen-bond acceptors (Lipinski definition) is 4. The molecular weight excluding hydrogens is 192 g/mol. The summed E-state index contributed by atoms with van der Waals surface area (Å²) >= 11 is 0. The molecule has 0 bridgehead atoms. The van der Waals surface area contributed by atoms with Crippen molar-refractivity contribution < 1.29 is 4.79 Å². The van der Waals surface area contributed by atoms with Crippen LogP contribution in [0.5, 0.6) is 0 Å². The van der Waals surface area contributed by atoms with E-state index in [1.54, 1.807) is 24.5 Å². The number of nitrogens with zero attached hydrogens (tertiary/aromatic N) is 3. The van der Waals surface area contributed by atoms with E-state index in [1.165, 1.54) is 18.6 Å². The van der Waals surface area contributed by atoms with Gasteiger partial charge in [0.05, 0.1) is 18.1 Å². The Hall–Kier alpha value is -2.30. The van der Waals surface area contributed by atoms with Crippen molar-refractivity contribution in [2.45, 2.75) is 0 Å². The summed E-state index contributed by atoms with van der Waals surface area (Å²) in [5.41, 5.74) is 0.912. The topological polar surface area (TPSA) is 67.8 Å². The van der Waals surface area contributed by atoms with E-state index in [9.17, 15) is 4.79 Å². The largest absolute Gasteiger partial charge is 0.319 e. The van der Waals surface area contributed by atoms with Crippen molar-refractivity contribution >= 4 is 11.6 Å². The maximum absolute atomic E-state index is 11.6. The zero-order chi connectivity index (χ0) is 10.5. The molecule has 0 aromatic carbocycles. The lowest BCUT2D eigenvalue weighted by Crippen LogP contribution is -2.13. The number of rotatable bonds is 2. The van der Waals surface area contributed by atoms with Gasteiger partial charge in [-0.05, 0) is 12.1 Å². The number of aromatic nitrogens is 3. The van der Waals surface area contributed by atoms with Crippen molar-refractivity contribution in [1.82, 2.24) is 15.0 Å². The average molecular weight is 200 g/mol. The monoisotopic (exact) mass is 200 g/mol. The number of carbonyl (C=O) groups excluding carboxylic acids is 1. The number of amides is 1. The number of pyridine rings is 1. The smallest absolute Gasteiger partial charge is 0.275 e. The lowest BCUT2D eigenvalue weighted by molar-refractivity contribution is 0.102. The van der Waals surface area contributed by atoms with Crippen LogP contribution in [0.4, 0.5) is 5.69 Å². The van der Waals surface area contributed by atoms with Crippen LogP contribution in [0.2, 0.25) is 0 Å². The molecule has 0 aliphatic rings. The number of carbonyl (C=O) groups is 1. The molecule has 0 atom stereocenters. The first kappa shape index (κ1) is 9.26. The maximum Gasteiger partial charge on any atom is 0.275 e. The van der Waals surface area contributed by atoms with Gasteiger partial charge < -0.3 is 5.32 Å². The molecule has 5 heteroatoms. The molecule has 15 heavy (non-hydrogen) atoms. The minimum absolute atomic E-state index is 0.279. The molecule has 1 N–H and O–H groups in total. The summed E-state index contributed by atoms with van der Waals surface area (Å²) in [5.74, 6) is -0.295. The number of hydrogen-bond donors (Lipinski definition) is 1. The second-order valence-electron chi connectivity index (χ2n) is 2.79. The molecule has 2 aromatic rings. The predicted octanol–water partition coefficient (Wildman–Crippen LogP) is 1.12. The van der Waals surface area contributed by atoms with Crippen LogP contribution in [0.1, 0.15) is 10.5 Å². The molecule has 0 saturated carbocycles. The molecule has 0 fully saturated rings. The van der Waals surface area contributed by atoms with Crippen molar-refractivity contribution in [2.75, 3.05) is 5.32 Å². The van der Waals surface area contributed by atoms with Crippen LogP contribution in [0.3, 0.4) is 0 Å². The minimum atomic E-state index is -0.295. The molecule has 2 aromatic heterocycles. The maximum atomic E-state index is 11.6. The van der Waals surface area contributed by atoms with Crippen molar-refractivity contribution in [2.24, 2.45) is 0 Å². The van der Waals surface area contributed by atoms with Gasteiger partial charge in [-0.15, -0.1) is 0 Å². The standard InChI is InChI=1S/C10H8N4O/c15-10(9-7-12-4-5-13-9)14-8-2-1-3-11-6-8/h1-7H,(H,14,15). The molecule has 1 amide bonds. The average Bonchev–Trinajstić information content (AvgIpc) is 2.31. The highest BCUT2D eigenvalue weighted by molar-refractivity contribution is 6.02. The van der Waals surface area contributed by atoms with E-state index in [1.807, 2.05) is 0 Å². The SMILES string of the molecule is O=C(Nc1cccnc1)c1cnccn1. The third kappa shape index (κ3) is 2.34. The van der Waals surface area contributed by atoms with E-state index in [0.29, 0.717) is 5.69 Å². The summed E-state index contributed by atoms with van der Waals surface area (Å²) in [6.07, 6.45) is 7.59. The molecular formula is C10H8N4O. The fraction of sp³-hybridized carbons (Fsp3) is 0. The molecule has 74 valence electrons. The molecule has 5 nitrogen and oxygen atoms in total. The van der Waals surface area contributed by atoms with E-state index < -0.39 is 0 Å². The van der Waals surface area contributed by atoms with Crippen molar-refractivity contribution in [3.05, 3.63) is 48.8 Å². The Balaban J connectivity index is 2.12. The Labute approximate surface area is 86.2 Å². The van der Waals surface area contributed by atoms with Gasteiger partial charge >= 0.3 is 0 Å². The molecule has 0 saturated heterocycles. The van der Waals surface area contributed by atoms with Gasteiger partial charge in [0.2, 0.25) is 0 Å². The minimum Gasteiger partial charge on any atom is -0.319 e. The molecule has 0 aliphatic heterocycles. The van der Waals surface area contributed by atoms with E-state index in [2.05, 4.69) is 20.3 Å². The summed E-state index contributed by atoms with van der Waals surface area (Å²) < 4.78 is 0. The van der Waals surface area contributed by atoms with Gasteiger partial charge in [0.25, 0.3) is 5.91 Å². The summed E-state index contributed by atoms with van der Waals surface area (Å²) in [5, 5.41) is 2.65. The normalized spacial score (nSPS) is 9.60.